The Labute approximate surface area is 491 Å². The SMILES string of the molecule is CNC1Cc2c(cccc2CO)C#CCCC23CCC4C5(C=O)CC67C8CCC(C9Cc%10cccc(c%10)CC%10CCC(C%10)C(C)C%10CCC(C6O9)C5(O)C(C%10)C(O)C4(O)C2(O)CC2CC1C1OC(=O)C=C1C23)C7CC8CCc1ccccc1. The third-order valence-electron chi connectivity index (χ3n) is 28.1. The van der Waals surface area contributed by atoms with E-state index in [1.165, 1.54) is 23.1 Å². The number of nitrogens with one attached hydrogen (secondary N) is 1. The Morgan fingerprint density at radius 3 is 2.40 bits per heavy atom. The Bertz CT molecular complexity index is 3190. The lowest BCUT2D eigenvalue weighted by atomic mass is 9.31. The van der Waals surface area contributed by atoms with Gasteiger partial charge in [-0.3, -0.25) is 0 Å². The summed E-state index contributed by atoms with van der Waals surface area (Å²) < 4.78 is 14.5. The molecule has 11 aliphatic carbocycles. The number of fused-ring (bicyclic) bond motifs is 14. The molecular formula is C73H89NO9. The second-order valence-electron chi connectivity index (χ2n) is 30.4. The average Bonchev–Trinajstić information content (AvgIpc) is 1.67. The van der Waals surface area contributed by atoms with Crippen molar-refractivity contribution in [2.24, 2.45) is 99.1 Å². The van der Waals surface area contributed by atoms with Gasteiger partial charge in [0.05, 0.1) is 35.9 Å². The van der Waals surface area contributed by atoms with Gasteiger partial charge in [0.15, 0.2) is 0 Å². The van der Waals surface area contributed by atoms with Gasteiger partial charge in [0, 0.05) is 58.6 Å². The van der Waals surface area contributed by atoms with Gasteiger partial charge < -0.3 is 45.1 Å². The van der Waals surface area contributed by atoms with Crippen LogP contribution in [0, 0.1) is 111 Å². The molecular weight excluding hydrogens is 1030 g/mol. The van der Waals surface area contributed by atoms with Crippen molar-refractivity contribution in [3.8, 4) is 11.8 Å². The van der Waals surface area contributed by atoms with Crippen LogP contribution >= 0.6 is 0 Å². The normalized spacial score (nSPS) is 49.3. The van der Waals surface area contributed by atoms with Crippen LogP contribution in [0.5, 0.6) is 0 Å². The van der Waals surface area contributed by atoms with E-state index < -0.39 is 69.0 Å². The van der Waals surface area contributed by atoms with Crippen LogP contribution in [0.4, 0.5) is 0 Å². The highest BCUT2D eigenvalue weighted by molar-refractivity contribution is 5.86. The number of esters is 1. The molecule has 25 atom stereocenters. The lowest BCUT2D eigenvalue weighted by Gasteiger charge is -2.77. The smallest absolute Gasteiger partial charge is 0.331 e. The summed E-state index contributed by atoms with van der Waals surface area (Å²) in [5, 5.41) is 74.1. The molecule has 0 radical (unpaired) electrons. The van der Waals surface area contributed by atoms with Gasteiger partial charge in [-0.1, -0.05) is 85.5 Å². The molecule has 9 saturated carbocycles. The molecule has 440 valence electrons. The molecule has 0 amide bonds. The van der Waals surface area contributed by atoms with Crippen LogP contribution in [-0.4, -0.2) is 92.1 Å². The largest absolute Gasteiger partial charge is 0.454 e. The quantitative estimate of drug-likeness (QED) is 0.0796. The van der Waals surface area contributed by atoms with Crippen LogP contribution in [0.2, 0.25) is 0 Å². The number of ether oxygens (including phenoxy) is 2. The van der Waals surface area contributed by atoms with E-state index >= 15 is 20.1 Å². The molecule has 16 bridgehead atoms. The number of carbonyl (C=O) groups excluding carboxylic acids is 2. The van der Waals surface area contributed by atoms with Crippen molar-refractivity contribution in [3.63, 3.8) is 0 Å². The molecule has 10 fully saturated rings. The molecule has 2 spiro atoms. The van der Waals surface area contributed by atoms with E-state index in [1.54, 1.807) is 6.08 Å². The number of likely N-dealkylation sites (N-methyl/N-ethyl adjacent to an activating group) is 1. The molecule has 17 rings (SSSR count). The summed E-state index contributed by atoms with van der Waals surface area (Å²) in [6.07, 6.45) is 16.1. The van der Waals surface area contributed by atoms with E-state index in [9.17, 15) is 15.0 Å². The number of hydrogen-bond acceptors (Lipinski definition) is 10. The Balaban J connectivity index is 0.884. The van der Waals surface area contributed by atoms with E-state index in [4.69, 9.17) is 9.47 Å². The molecule has 6 N–H and O–H groups in total. The topological polar surface area (TPSA) is 166 Å². The van der Waals surface area contributed by atoms with Crippen LogP contribution in [0.15, 0.2) is 84.4 Å². The van der Waals surface area contributed by atoms with Crippen molar-refractivity contribution >= 4 is 12.3 Å². The molecule has 1 saturated heterocycles. The highest BCUT2D eigenvalue weighted by Gasteiger charge is 2.88. The molecule has 14 aliphatic rings. The molecule has 3 heterocycles. The standard InChI is InChI=1S/C73H89NO9/c1-41-47-19-18-45(30-47)29-43-12-8-13-44(28-43)31-61-52-22-24-56-49(20-17-42-10-4-3-5-11-42)34-58(52)70(56)39-69(40-76)62-25-27-68-26-7-6-14-46-15-9-16-50(38-75)53(46)35-60(74-2)54-32-51(64(68)55-36-63(77)83-65(54)55)37-71(68,79)73(62,81)66(78)59-33-48(41)21-23-57(67(70)82-61)72(59,69)80/h3-5,8-13,15-16,28,36,40-41,45,47-49,51-52,54,56-62,64-67,74-75,78-81H,7,17-27,29-35,37-39H2,1-2H3. The van der Waals surface area contributed by atoms with Gasteiger partial charge >= 0.3 is 5.97 Å². The Hall–Kier alpha value is -4.18. The molecule has 3 aliphatic heterocycles. The van der Waals surface area contributed by atoms with Crippen molar-refractivity contribution in [2.75, 3.05) is 7.05 Å². The predicted molar refractivity (Wildman–Crippen MR) is 314 cm³/mol. The van der Waals surface area contributed by atoms with Crippen molar-refractivity contribution in [3.05, 3.63) is 118 Å². The zero-order chi connectivity index (χ0) is 56.6. The van der Waals surface area contributed by atoms with E-state index in [0.29, 0.717) is 75.5 Å². The first-order valence-corrected chi connectivity index (χ1v) is 33.1. The minimum Gasteiger partial charge on any atom is -0.454 e. The number of benzene rings is 3. The highest BCUT2D eigenvalue weighted by Crippen LogP contribution is 2.82. The fourth-order valence-corrected chi connectivity index (χ4v) is 25.1. The minimum atomic E-state index is -2.21. The second-order valence-corrected chi connectivity index (χ2v) is 30.4. The molecule has 10 nitrogen and oxygen atoms in total. The van der Waals surface area contributed by atoms with E-state index in [0.717, 1.165) is 92.8 Å². The van der Waals surface area contributed by atoms with Gasteiger partial charge in [-0.05, 0) is 234 Å². The zero-order valence-corrected chi connectivity index (χ0v) is 49.0. The number of aldehydes is 1. The molecule has 10 heteroatoms. The lowest BCUT2D eigenvalue weighted by molar-refractivity contribution is -0.399. The summed E-state index contributed by atoms with van der Waals surface area (Å²) in [5.74, 6) is 6.18. The summed E-state index contributed by atoms with van der Waals surface area (Å²) in [6, 6.07) is 26.0. The van der Waals surface area contributed by atoms with Gasteiger partial charge in [-0.15, -0.1) is 0 Å². The van der Waals surface area contributed by atoms with E-state index in [1.807, 2.05) is 25.2 Å². The number of aliphatic hydroxyl groups is 5. The van der Waals surface area contributed by atoms with Crippen LogP contribution in [0.1, 0.15) is 149 Å². The summed E-state index contributed by atoms with van der Waals surface area (Å²) in [5.41, 5.74) is -1.31. The Morgan fingerprint density at radius 2 is 1.58 bits per heavy atom. The first-order valence-electron chi connectivity index (χ1n) is 33.1. The third kappa shape index (κ3) is 7.23. The molecule has 3 aromatic carbocycles. The van der Waals surface area contributed by atoms with Gasteiger partial charge in [0.1, 0.15) is 23.6 Å². The molecule has 83 heavy (non-hydrogen) atoms. The lowest BCUT2D eigenvalue weighted by Crippen LogP contribution is -2.87. The number of rotatable bonds is 6. The fraction of sp³-hybridized carbons (Fsp3) is 0.671. The third-order valence-corrected chi connectivity index (χ3v) is 28.1. The van der Waals surface area contributed by atoms with E-state index in [-0.39, 0.29) is 78.6 Å². The zero-order valence-electron chi connectivity index (χ0n) is 49.0. The van der Waals surface area contributed by atoms with Gasteiger partial charge in [0.2, 0.25) is 0 Å². The first kappa shape index (κ1) is 54.2. The Morgan fingerprint density at radius 1 is 0.783 bits per heavy atom. The number of aryl methyl sites for hydroxylation is 1. The average molecular weight is 1120 g/mol. The summed E-state index contributed by atoms with van der Waals surface area (Å²) in [7, 11) is 1.95. The highest BCUT2D eigenvalue weighted by atomic mass is 16.5. The van der Waals surface area contributed by atoms with Crippen LogP contribution in [0.25, 0.3) is 0 Å². The summed E-state index contributed by atoms with van der Waals surface area (Å²) in [6.45, 7) is 2.31. The second kappa shape index (κ2) is 19.4. The van der Waals surface area contributed by atoms with Crippen molar-refractivity contribution in [1.82, 2.24) is 5.32 Å². The Kier molecular flexibility index (Phi) is 12.7. The number of hydrogen-bond donors (Lipinski definition) is 6. The van der Waals surface area contributed by atoms with Crippen LogP contribution in [0.3, 0.4) is 0 Å². The van der Waals surface area contributed by atoms with Crippen molar-refractivity contribution in [1.29, 1.82) is 0 Å². The van der Waals surface area contributed by atoms with Crippen LogP contribution in [-0.2, 0) is 51.4 Å². The predicted octanol–water partition coefficient (Wildman–Crippen LogP) is 9.45. The van der Waals surface area contributed by atoms with Crippen molar-refractivity contribution in [2.45, 2.75) is 196 Å². The molecule has 0 aromatic heterocycles. The number of carbonyl (C=O) groups is 2. The first-order chi connectivity index (χ1) is 40.2. The van der Waals surface area contributed by atoms with Gasteiger partial charge in [-0.25, -0.2) is 4.79 Å². The monoisotopic (exact) mass is 1120 g/mol. The summed E-state index contributed by atoms with van der Waals surface area (Å²) in [4.78, 5) is 29.8. The van der Waals surface area contributed by atoms with Crippen molar-refractivity contribution < 1.29 is 44.6 Å². The van der Waals surface area contributed by atoms with E-state index in [2.05, 4.69) is 78.7 Å². The fourth-order valence-electron chi connectivity index (χ4n) is 25.1. The summed E-state index contributed by atoms with van der Waals surface area (Å²) >= 11 is 0. The van der Waals surface area contributed by atoms with Gasteiger partial charge in [0.25, 0.3) is 0 Å². The van der Waals surface area contributed by atoms with Gasteiger partial charge in [-0.2, -0.15) is 0 Å². The minimum absolute atomic E-state index is 0.0532. The maximum Gasteiger partial charge on any atom is 0.331 e. The molecule has 3 aromatic rings. The number of aliphatic hydroxyl groups excluding tert-OH is 2. The van der Waals surface area contributed by atoms with Crippen LogP contribution < -0.4 is 5.32 Å². The molecule has 25 unspecified atom stereocenters. The maximum atomic E-state index is 15.9. The maximum absolute atomic E-state index is 15.9.